The van der Waals surface area contributed by atoms with E-state index >= 15 is 0 Å². The van der Waals surface area contributed by atoms with Gasteiger partial charge in [0, 0.05) is 6.92 Å². The van der Waals surface area contributed by atoms with E-state index in [1.807, 2.05) is 13.8 Å². The van der Waals surface area contributed by atoms with E-state index in [2.05, 4.69) is 0 Å². The third kappa shape index (κ3) is 7.33. The molecule has 0 aromatic rings. The van der Waals surface area contributed by atoms with Crippen LogP contribution in [0.15, 0.2) is 0 Å². The van der Waals surface area contributed by atoms with E-state index in [-0.39, 0.29) is 5.97 Å². The highest BCUT2D eigenvalue weighted by Gasteiger charge is 2.05. The van der Waals surface area contributed by atoms with Crippen molar-refractivity contribution < 1.29 is 14.3 Å². The first-order chi connectivity index (χ1) is 5.02. The highest BCUT2D eigenvalue weighted by atomic mass is 16.7. The first-order valence-electron chi connectivity index (χ1n) is 3.81. The zero-order chi connectivity index (χ0) is 8.85. The van der Waals surface area contributed by atoms with Crippen LogP contribution in [0.5, 0.6) is 0 Å². The van der Waals surface area contributed by atoms with Gasteiger partial charge in [0.05, 0.1) is 6.61 Å². The number of rotatable bonds is 4. The van der Waals surface area contributed by atoms with Gasteiger partial charge in [-0.2, -0.15) is 0 Å². The SMILES string of the molecule is CC(=O)O[C@H](C)OCC(C)C. The molecule has 0 aromatic carbocycles. The Morgan fingerprint density at radius 3 is 2.27 bits per heavy atom. The van der Waals surface area contributed by atoms with Gasteiger partial charge in [0.25, 0.3) is 0 Å². The van der Waals surface area contributed by atoms with Gasteiger partial charge in [0.15, 0.2) is 6.29 Å². The predicted octanol–water partition coefficient (Wildman–Crippen LogP) is 1.57. The molecule has 3 nitrogen and oxygen atoms in total. The Bertz CT molecular complexity index is 121. The fourth-order valence-corrected chi connectivity index (χ4v) is 0.596. The molecular weight excluding hydrogens is 144 g/mol. The van der Waals surface area contributed by atoms with Crippen LogP contribution in [-0.4, -0.2) is 18.9 Å². The largest absolute Gasteiger partial charge is 0.436 e. The Morgan fingerprint density at radius 2 is 1.91 bits per heavy atom. The Labute approximate surface area is 67.7 Å². The summed E-state index contributed by atoms with van der Waals surface area (Å²) in [6, 6.07) is 0. The lowest BCUT2D eigenvalue weighted by molar-refractivity contribution is -0.173. The summed E-state index contributed by atoms with van der Waals surface area (Å²) in [6.07, 6.45) is -0.421. The van der Waals surface area contributed by atoms with E-state index in [0.29, 0.717) is 12.5 Å². The lowest BCUT2D eigenvalue weighted by atomic mass is 10.2. The van der Waals surface area contributed by atoms with Crippen molar-refractivity contribution in [1.82, 2.24) is 0 Å². The molecular formula is C8H16O3. The van der Waals surface area contributed by atoms with Crippen LogP contribution < -0.4 is 0 Å². The van der Waals surface area contributed by atoms with E-state index < -0.39 is 6.29 Å². The summed E-state index contributed by atoms with van der Waals surface area (Å²) in [7, 11) is 0. The highest BCUT2D eigenvalue weighted by molar-refractivity contribution is 5.65. The van der Waals surface area contributed by atoms with Crippen LogP contribution in [0.1, 0.15) is 27.7 Å². The molecule has 1 atom stereocenters. The molecule has 0 aliphatic heterocycles. The monoisotopic (exact) mass is 160 g/mol. The minimum absolute atomic E-state index is 0.304. The summed E-state index contributed by atoms with van der Waals surface area (Å²) in [4.78, 5) is 10.4. The maximum Gasteiger partial charge on any atom is 0.304 e. The molecule has 0 amide bonds. The van der Waals surface area contributed by atoms with Crippen LogP contribution in [-0.2, 0) is 14.3 Å². The van der Waals surface area contributed by atoms with Crippen LogP contribution >= 0.6 is 0 Å². The number of carbonyl (C=O) groups is 1. The van der Waals surface area contributed by atoms with Crippen molar-refractivity contribution in [2.75, 3.05) is 6.61 Å². The molecule has 0 aromatic heterocycles. The fraction of sp³-hybridized carbons (Fsp3) is 0.875. The van der Waals surface area contributed by atoms with Gasteiger partial charge in [-0.05, 0) is 12.8 Å². The van der Waals surface area contributed by atoms with Gasteiger partial charge in [-0.15, -0.1) is 0 Å². The molecule has 0 aliphatic rings. The lowest BCUT2D eigenvalue weighted by Gasteiger charge is -2.13. The third-order valence-corrected chi connectivity index (χ3v) is 0.996. The van der Waals surface area contributed by atoms with Crippen LogP contribution in [0.25, 0.3) is 0 Å². The van der Waals surface area contributed by atoms with E-state index in [9.17, 15) is 4.79 Å². The molecule has 0 radical (unpaired) electrons. The van der Waals surface area contributed by atoms with Gasteiger partial charge in [-0.1, -0.05) is 13.8 Å². The zero-order valence-corrected chi connectivity index (χ0v) is 7.59. The fourth-order valence-electron chi connectivity index (χ4n) is 0.596. The Kier molecular flexibility index (Phi) is 4.86. The minimum Gasteiger partial charge on any atom is -0.436 e. The summed E-state index contributed by atoms with van der Waals surface area (Å²) in [5, 5.41) is 0. The molecule has 11 heavy (non-hydrogen) atoms. The summed E-state index contributed by atoms with van der Waals surface area (Å²) in [6.45, 7) is 7.79. The Morgan fingerprint density at radius 1 is 1.36 bits per heavy atom. The van der Waals surface area contributed by atoms with Crippen LogP contribution in [0.3, 0.4) is 0 Å². The number of esters is 1. The molecule has 0 spiro atoms. The molecule has 0 aliphatic carbocycles. The summed E-state index contributed by atoms with van der Waals surface area (Å²) in [5.41, 5.74) is 0. The molecule has 0 unspecified atom stereocenters. The average Bonchev–Trinajstić information content (AvgIpc) is 1.82. The number of carbonyl (C=O) groups excluding carboxylic acids is 1. The molecule has 0 saturated heterocycles. The van der Waals surface area contributed by atoms with E-state index in [1.165, 1.54) is 6.92 Å². The maximum atomic E-state index is 10.4. The quantitative estimate of drug-likeness (QED) is 0.462. The standard InChI is InChI=1S/C8H16O3/c1-6(2)5-10-8(4)11-7(3)9/h6,8H,5H2,1-4H3/t8-/m1/s1. The molecule has 0 bridgehead atoms. The van der Waals surface area contributed by atoms with Crippen molar-refractivity contribution in [2.45, 2.75) is 34.0 Å². The normalized spacial score (nSPS) is 13.2. The van der Waals surface area contributed by atoms with Crippen molar-refractivity contribution in [3.8, 4) is 0 Å². The Hall–Kier alpha value is -0.570. The van der Waals surface area contributed by atoms with Gasteiger partial charge in [0.1, 0.15) is 0 Å². The van der Waals surface area contributed by atoms with Crippen LogP contribution in [0, 0.1) is 5.92 Å². The average molecular weight is 160 g/mol. The molecule has 0 heterocycles. The number of hydrogen-bond donors (Lipinski definition) is 0. The number of ether oxygens (including phenoxy) is 2. The van der Waals surface area contributed by atoms with Gasteiger partial charge in [-0.3, -0.25) is 4.79 Å². The molecule has 0 N–H and O–H groups in total. The van der Waals surface area contributed by atoms with Gasteiger partial charge in [-0.25, -0.2) is 0 Å². The third-order valence-electron chi connectivity index (χ3n) is 0.996. The summed E-state index contributed by atoms with van der Waals surface area (Å²) < 4.78 is 9.91. The second kappa shape index (κ2) is 5.13. The highest BCUT2D eigenvalue weighted by Crippen LogP contribution is 1.98. The van der Waals surface area contributed by atoms with Crippen molar-refractivity contribution in [1.29, 1.82) is 0 Å². The van der Waals surface area contributed by atoms with Crippen molar-refractivity contribution >= 4 is 5.97 Å². The summed E-state index contributed by atoms with van der Waals surface area (Å²) >= 11 is 0. The maximum absolute atomic E-state index is 10.4. The summed E-state index contributed by atoms with van der Waals surface area (Å²) in [5.74, 6) is 0.161. The first-order valence-corrected chi connectivity index (χ1v) is 3.81. The van der Waals surface area contributed by atoms with Crippen LogP contribution in [0.2, 0.25) is 0 Å². The number of hydrogen-bond acceptors (Lipinski definition) is 3. The van der Waals surface area contributed by atoms with Crippen LogP contribution in [0.4, 0.5) is 0 Å². The smallest absolute Gasteiger partial charge is 0.304 e. The van der Waals surface area contributed by atoms with Crippen molar-refractivity contribution in [2.24, 2.45) is 5.92 Å². The zero-order valence-electron chi connectivity index (χ0n) is 7.59. The molecule has 0 rings (SSSR count). The van der Waals surface area contributed by atoms with Gasteiger partial charge in [0.2, 0.25) is 0 Å². The molecule has 3 heteroatoms. The van der Waals surface area contributed by atoms with Crippen molar-refractivity contribution in [3.05, 3.63) is 0 Å². The topological polar surface area (TPSA) is 35.5 Å². The van der Waals surface area contributed by atoms with E-state index in [4.69, 9.17) is 9.47 Å². The molecule has 66 valence electrons. The second-order valence-electron chi connectivity index (χ2n) is 2.90. The second-order valence-corrected chi connectivity index (χ2v) is 2.90. The van der Waals surface area contributed by atoms with Gasteiger partial charge < -0.3 is 9.47 Å². The lowest BCUT2D eigenvalue weighted by Crippen LogP contribution is -2.18. The minimum atomic E-state index is -0.421. The Balaban J connectivity index is 3.37. The first kappa shape index (κ1) is 10.4. The van der Waals surface area contributed by atoms with Gasteiger partial charge >= 0.3 is 5.97 Å². The van der Waals surface area contributed by atoms with E-state index in [0.717, 1.165) is 0 Å². The van der Waals surface area contributed by atoms with Crippen molar-refractivity contribution in [3.63, 3.8) is 0 Å². The molecule has 0 fully saturated rings. The predicted molar refractivity (Wildman–Crippen MR) is 42.0 cm³/mol. The van der Waals surface area contributed by atoms with E-state index in [1.54, 1.807) is 6.92 Å². The molecule has 0 saturated carbocycles.